The summed E-state index contributed by atoms with van der Waals surface area (Å²) in [6.45, 7) is 0.350. The molecule has 1 aromatic heterocycles. The van der Waals surface area contributed by atoms with Crippen molar-refractivity contribution in [2.75, 3.05) is 5.32 Å². The Morgan fingerprint density at radius 3 is 2.43 bits per heavy atom. The number of hydrogen-bond acceptors (Lipinski definition) is 4. The number of aromatic nitrogens is 1. The maximum absolute atomic E-state index is 12.9. The third-order valence-corrected chi connectivity index (χ3v) is 6.18. The molecule has 0 radical (unpaired) electrons. The molecule has 5 aromatic rings. The monoisotopic (exact) mass is 490 g/mol. The molecule has 6 nitrogen and oxygen atoms in total. The largest absolute Gasteiger partial charge is 0.487 e. The van der Waals surface area contributed by atoms with Crippen molar-refractivity contribution in [3.05, 3.63) is 114 Å². The molecule has 0 atom stereocenters. The van der Waals surface area contributed by atoms with Crippen LogP contribution in [-0.2, 0) is 17.8 Å². The number of carbonyl (C=O) groups is 2. The summed E-state index contributed by atoms with van der Waals surface area (Å²) in [5.41, 5.74) is 4.06. The minimum Gasteiger partial charge on any atom is -0.487 e. The first kappa shape index (κ1) is 24.0. The molecule has 0 aliphatic carbocycles. The average molecular weight is 491 g/mol. The molecule has 1 amide bonds. The van der Waals surface area contributed by atoms with Crippen molar-refractivity contribution >= 4 is 39.2 Å². The zero-order chi connectivity index (χ0) is 25.6. The van der Waals surface area contributed by atoms with Gasteiger partial charge in [0.1, 0.15) is 12.4 Å². The van der Waals surface area contributed by atoms with Gasteiger partial charge < -0.3 is 15.2 Å². The van der Waals surface area contributed by atoms with E-state index in [2.05, 4.69) is 10.3 Å². The van der Waals surface area contributed by atoms with Crippen LogP contribution < -0.4 is 10.1 Å². The zero-order valence-electron chi connectivity index (χ0n) is 20.2. The van der Waals surface area contributed by atoms with Gasteiger partial charge in [-0.25, -0.2) is 4.98 Å². The summed E-state index contributed by atoms with van der Waals surface area (Å²) < 4.78 is 6.00. The topological polar surface area (TPSA) is 88.5 Å². The van der Waals surface area contributed by atoms with Crippen LogP contribution in [0.2, 0.25) is 0 Å². The highest BCUT2D eigenvalue weighted by molar-refractivity contribution is 6.06. The number of rotatable bonds is 9. The highest BCUT2D eigenvalue weighted by Crippen LogP contribution is 2.24. The number of nitrogens with zero attached hydrogens (tertiary/aromatic N) is 1. The van der Waals surface area contributed by atoms with Crippen molar-refractivity contribution in [1.29, 1.82) is 0 Å². The van der Waals surface area contributed by atoms with Gasteiger partial charge in [-0.2, -0.15) is 0 Å². The average Bonchev–Trinajstić information content (AvgIpc) is 2.92. The summed E-state index contributed by atoms with van der Waals surface area (Å²) in [5.74, 6) is -0.286. The maximum Gasteiger partial charge on any atom is 0.303 e. The summed E-state index contributed by atoms with van der Waals surface area (Å²) >= 11 is 0. The van der Waals surface area contributed by atoms with Crippen LogP contribution in [-0.4, -0.2) is 22.0 Å². The lowest BCUT2D eigenvalue weighted by molar-refractivity contribution is -0.137. The fourth-order valence-electron chi connectivity index (χ4n) is 4.20. The van der Waals surface area contributed by atoms with Gasteiger partial charge in [0.05, 0.1) is 11.2 Å². The zero-order valence-corrected chi connectivity index (χ0v) is 20.2. The highest BCUT2D eigenvalue weighted by atomic mass is 16.5. The lowest BCUT2D eigenvalue weighted by atomic mass is 10.1. The van der Waals surface area contributed by atoms with Crippen molar-refractivity contribution in [3.8, 4) is 5.75 Å². The number of carbonyl (C=O) groups excluding carboxylic acids is 1. The first-order valence-corrected chi connectivity index (χ1v) is 12.2. The Morgan fingerprint density at radius 1 is 0.811 bits per heavy atom. The molecule has 5 rings (SSSR count). The molecular weight excluding hydrogens is 464 g/mol. The number of para-hydroxylation sites is 1. The Labute approximate surface area is 214 Å². The van der Waals surface area contributed by atoms with Crippen molar-refractivity contribution in [2.45, 2.75) is 25.9 Å². The van der Waals surface area contributed by atoms with Gasteiger partial charge in [0.2, 0.25) is 0 Å². The summed E-state index contributed by atoms with van der Waals surface area (Å²) in [6, 6.07) is 30.9. The molecule has 37 heavy (non-hydrogen) atoms. The molecule has 4 aromatic carbocycles. The maximum atomic E-state index is 12.9. The van der Waals surface area contributed by atoms with Crippen LogP contribution in [0, 0.1) is 0 Å². The summed E-state index contributed by atoms with van der Waals surface area (Å²) in [6.07, 6.45) is 1.42. The minimum absolute atomic E-state index is 0.146. The van der Waals surface area contributed by atoms with Crippen molar-refractivity contribution in [1.82, 2.24) is 4.98 Å². The lowest BCUT2D eigenvalue weighted by Gasteiger charge is -2.10. The van der Waals surface area contributed by atoms with Gasteiger partial charge in [0.25, 0.3) is 5.91 Å². The van der Waals surface area contributed by atoms with Gasteiger partial charge in [-0.3, -0.25) is 9.59 Å². The number of benzene rings is 4. The predicted octanol–water partition coefficient (Wildman–Crippen LogP) is 6.63. The molecule has 0 unspecified atom stereocenters. The third-order valence-electron chi connectivity index (χ3n) is 6.18. The van der Waals surface area contributed by atoms with Gasteiger partial charge in [-0.05, 0) is 77.7 Å². The normalized spacial score (nSPS) is 10.9. The van der Waals surface area contributed by atoms with Gasteiger partial charge in [-0.1, -0.05) is 48.5 Å². The van der Waals surface area contributed by atoms with Gasteiger partial charge in [-0.15, -0.1) is 0 Å². The SMILES string of the molecule is O=C(O)CCCc1ccc(NC(=O)c2ccc3ccc(OCc4ccc5ccccc5n4)cc3c2)cc1. The van der Waals surface area contributed by atoms with Crippen LogP contribution in [0.5, 0.6) is 5.75 Å². The van der Waals surface area contributed by atoms with E-state index in [1.54, 1.807) is 6.07 Å². The molecule has 184 valence electrons. The van der Waals surface area contributed by atoms with E-state index in [-0.39, 0.29) is 12.3 Å². The number of anilines is 1. The molecule has 0 fully saturated rings. The van der Waals surface area contributed by atoms with Gasteiger partial charge in [0, 0.05) is 23.1 Å². The molecule has 0 saturated carbocycles. The first-order chi connectivity index (χ1) is 18.0. The molecule has 1 heterocycles. The number of aliphatic carboxylic acids is 1. The quantitative estimate of drug-likeness (QED) is 0.242. The van der Waals surface area contributed by atoms with Crippen LogP contribution in [0.3, 0.4) is 0 Å². The van der Waals surface area contributed by atoms with Crippen molar-refractivity contribution in [3.63, 3.8) is 0 Å². The van der Waals surface area contributed by atoms with E-state index in [0.717, 1.165) is 32.9 Å². The van der Waals surface area contributed by atoms with Crippen LogP contribution in [0.25, 0.3) is 21.7 Å². The van der Waals surface area contributed by atoms with E-state index in [1.807, 2.05) is 91.0 Å². The number of nitrogens with one attached hydrogen (secondary N) is 1. The second-order valence-electron chi connectivity index (χ2n) is 8.91. The predicted molar refractivity (Wildman–Crippen MR) is 145 cm³/mol. The molecule has 0 aliphatic heterocycles. The Bertz CT molecular complexity index is 1580. The first-order valence-electron chi connectivity index (χ1n) is 12.2. The Balaban J connectivity index is 1.24. The summed E-state index contributed by atoms with van der Waals surface area (Å²) in [5, 5.41) is 14.7. The molecule has 6 heteroatoms. The fraction of sp³-hybridized carbons (Fsp3) is 0.129. The number of amides is 1. The highest BCUT2D eigenvalue weighted by Gasteiger charge is 2.09. The van der Waals surface area contributed by atoms with Gasteiger partial charge in [0.15, 0.2) is 0 Å². The minimum atomic E-state index is -0.792. The Morgan fingerprint density at radius 2 is 1.59 bits per heavy atom. The smallest absolute Gasteiger partial charge is 0.303 e. The van der Waals surface area contributed by atoms with Crippen LogP contribution >= 0.6 is 0 Å². The molecule has 0 spiro atoms. The molecule has 0 aliphatic rings. The van der Waals surface area contributed by atoms with E-state index < -0.39 is 5.97 Å². The van der Waals surface area contributed by atoms with E-state index in [1.165, 1.54) is 0 Å². The van der Waals surface area contributed by atoms with E-state index in [0.29, 0.717) is 36.4 Å². The Hall–Kier alpha value is -4.71. The van der Waals surface area contributed by atoms with Crippen LogP contribution in [0.1, 0.15) is 34.5 Å². The molecule has 0 saturated heterocycles. The standard InChI is InChI=1S/C31H26N2O4/c34-30(35)7-3-4-21-8-14-26(15-9-21)33-31(36)24-11-10-22-13-17-28(19-25(22)18-24)37-20-27-16-12-23-5-1-2-6-29(23)32-27/h1-2,5-6,8-19H,3-4,7,20H2,(H,33,36)(H,34,35). The van der Waals surface area contributed by atoms with Crippen molar-refractivity contribution < 1.29 is 19.4 Å². The number of fused-ring (bicyclic) bond motifs is 2. The number of carboxylic acids is 1. The lowest BCUT2D eigenvalue weighted by Crippen LogP contribution is -2.11. The second kappa shape index (κ2) is 10.9. The number of pyridine rings is 1. The molecular formula is C31H26N2O4. The Kier molecular flexibility index (Phi) is 7.08. The number of carboxylic acid groups (broad SMARTS) is 1. The van der Waals surface area contributed by atoms with Crippen molar-refractivity contribution in [2.24, 2.45) is 0 Å². The van der Waals surface area contributed by atoms with E-state index in [4.69, 9.17) is 9.84 Å². The number of hydrogen-bond donors (Lipinski definition) is 2. The van der Waals surface area contributed by atoms with Gasteiger partial charge >= 0.3 is 5.97 Å². The molecule has 2 N–H and O–H groups in total. The summed E-state index contributed by atoms with van der Waals surface area (Å²) in [4.78, 5) is 28.2. The number of ether oxygens (including phenoxy) is 1. The third kappa shape index (κ3) is 6.11. The van der Waals surface area contributed by atoms with Crippen LogP contribution in [0.4, 0.5) is 5.69 Å². The fourth-order valence-corrected chi connectivity index (χ4v) is 4.20. The van der Waals surface area contributed by atoms with Crippen LogP contribution in [0.15, 0.2) is 97.1 Å². The molecule has 0 bridgehead atoms. The number of aryl methyl sites for hydroxylation is 1. The van der Waals surface area contributed by atoms with E-state index >= 15 is 0 Å². The van der Waals surface area contributed by atoms with E-state index in [9.17, 15) is 9.59 Å². The second-order valence-corrected chi connectivity index (χ2v) is 8.91. The summed E-state index contributed by atoms with van der Waals surface area (Å²) in [7, 11) is 0.